The maximum atomic E-state index is 14.0. The number of aryl methyl sites for hydroxylation is 1. The van der Waals surface area contributed by atoms with E-state index >= 15 is 0 Å². The third kappa shape index (κ3) is 4.78. The Kier molecular flexibility index (Phi) is 5.86. The molecular weight excluding hydrogens is 297 g/mol. The maximum Gasteiger partial charge on any atom is 0.341 e. The van der Waals surface area contributed by atoms with E-state index in [0.717, 1.165) is 25.0 Å². The molecular formula is C14H20FNO4S. The lowest BCUT2D eigenvalue weighted by Gasteiger charge is -2.12. The van der Waals surface area contributed by atoms with E-state index in [-0.39, 0.29) is 23.0 Å². The van der Waals surface area contributed by atoms with Gasteiger partial charge >= 0.3 is 5.97 Å². The fraction of sp³-hybridized carbons (Fsp3) is 0.500. The van der Waals surface area contributed by atoms with Gasteiger partial charge in [0, 0.05) is 0 Å². The number of halogens is 1. The molecule has 5 nitrogen and oxygen atoms in total. The number of benzene rings is 1. The minimum Gasteiger partial charge on any atom is -0.462 e. The molecule has 0 fully saturated rings. The molecule has 21 heavy (non-hydrogen) atoms. The Labute approximate surface area is 124 Å². The predicted molar refractivity (Wildman–Crippen MR) is 76.9 cm³/mol. The third-order valence-electron chi connectivity index (χ3n) is 3.06. The molecule has 0 heterocycles. The molecule has 0 bridgehead atoms. The molecule has 0 saturated carbocycles. The Bertz CT molecular complexity index is 628. The zero-order valence-corrected chi connectivity index (χ0v) is 13.2. The summed E-state index contributed by atoms with van der Waals surface area (Å²) < 4.78 is 41.6. The van der Waals surface area contributed by atoms with Crippen LogP contribution in [0.3, 0.4) is 0 Å². The summed E-state index contributed by atoms with van der Waals surface area (Å²) in [4.78, 5) is 11.6. The van der Waals surface area contributed by atoms with Crippen molar-refractivity contribution in [2.45, 2.75) is 38.5 Å². The maximum absolute atomic E-state index is 14.0. The number of carbonyl (C=O) groups excluding carboxylic acids is 1. The van der Waals surface area contributed by atoms with Gasteiger partial charge in [0.2, 0.25) is 10.0 Å². The fourth-order valence-electron chi connectivity index (χ4n) is 1.92. The minimum atomic E-state index is -4.01. The second-order valence-electron chi connectivity index (χ2n) is 5.14. The lowest BCUT2D eigenvalue weighted by atomic mass is 10.1. The second kappa shape index (κ2) is 7.00. The van der Waals surface area contributed by atoms with Gasteiger partial charge in [-0.25, -0.2) is 22.7 Å². The molecule has 2 N–H and O–H groups in total. The highest BCUT2D eigenvalue weighted by molar-refractivity contribution is 7.89. The Morgan fingerprint density at radius 3 is 2.57 bits per heavy atom. The average molecular weight is 317 g/mol. The van der Waals surface area contributed by atoms with Crippen molar-refractivity contribution in [2.24, 2.45) is 11.1 Å². The van der Waals surface area contributed by atoms with Crippen molar-refractivity contribution in [3.63, 3.8) is 0 Å². The average Bonchev–Trinajstić information content (AvgIpc) is 2.38. The van der Waals surface area contributed by atoms with E-state index in [0.29, 0.717) is 0 Å². The van der Waals surface area contributed by atoms with Crippen LogP contribution >= 0.6 is 0 Å². The van der Waals surface area contributed by atoms with Gasteiger partial charge in [-0.15, -0.1) is 0 Å². The van der Waals surface area contributed by atoms with Crippen molar-refractivity contribution in [3.8, 4) is 0 Å². The summed E-state index contributed by atoms with van der Waals surface area (Å²) in [7, 11) is -4.01. The highest BCUT2D eigenvalue weighted by atomic mass is 32.2. The van der Waals surface area contributed by atoms with Crippen molar-refractivity contribution >= 4 is 16.0 Å². The summed E-state index contributed by atoms with van der Waals surface area (Å²) >= 11 is 0. The molecule has 0 spiro atoms. The van der Waals surface area contributed by atoms with Crippen LogP contribution in [0.2, 0.25) is 0 Å². The zero-order chi connectivity index (χ0) is 16.2. The second-order valence-corrected chi connectivity index (χ2v) is 6.70. The molecule has 0 aliphatic rings. The third-order valence-corrected chi connectivity index (χ3v) is 3.95. The van der Waals surface area contributed by atoms with Crippen LogP contribution < -0.4 is 5.14 Å². The van der Waals surface area contributed by atoms with Gasteiger partial charge in [-0.05, 0) is 37.0 Å². The van der Waals surface area contributed by atoms with Gasteiger partial charge in [-0.3, -0.25) is 0 Å². The van der Waals surface area contributed by atoms with E-state index < -0.39 is 27.4 Å². The molecule has 0 radical (unpaired) electrons. The number of rotatable bonds is 6. The van der Waals surface area contributed by atoms with Crippen LogP contribution in [-0.4, -0.2) is 21.0 Å². The van der Waals surface area contributed by atoms with Gasteiger partial charge in [-0.2, -0.15) is 0 Å². The van der Waals surface area contributed by atoms with Crippen LogP contribution in [0, 0.1) is 18.7 Å². The largest absolute Gasteiger partial charge is 0.462 e. The number of esters is 1. The van der Waals surface area contributed by atoms with Crippen LogP contribution in [0.25, 0.3) is 0 Å². The predicted octanol–water partition coefficient (Wildman–Crippen LogP) is 2.37. The first-order valence-electron chi connectivity index (χ1n) is 6.66. The van der Waals surface area contributed by atoms with Crippen molar-refractivity contribution in [1.29, 1.82) is 0 Å². The van der Waals surface area contributed by atoms with Gasteiger partial charge < -0.3 is 4.74 Å². The molecule has 1 aromatic carbocycles. The first-order valence-corrected chi connectivity index (χ1v) is 8.21. The number of hydrogen-bond donors (Lipinski definition) is 1. The fourth-order valence-corrected chi connectivity index (χ4v) is 2.54. The summed E-state index contributed by atoms with van der Waals surface area (Å²) in [5.41, 5.74) is -0.391. The highest BCUT2D eigenvalue weighted by Gasteiger charge is 2.20. The number of nitrogens with two attached hydrogens (primary N) is 1. The van der Waals surface area contributed by atoms with Crippen LogP contribution in [0.5, 0.6) is 0 Å². The van der Waals surface area contributed by atoms with Crippen molar-refractivity contribution in [2.75, 3.05) is 6.61 Å². The van der Waals surface area contributed by atoms with Crippen LogP contribution in [0.1, 0.15) is 42.6 Å². The molecule has 0 aliphatic heterocycles. The van der Waals surface area contributed by atoms with Crippen LogP contribution in [-0.2, 0) is 14.8 Å². The van der Waals surface area contributed by atoms with Crippen molar-refractivity contribution < 1.29 is 22.3 Å². The normalized spacial score (nSPS) is 13.0. The minimum absolute atomic E-state index is 0.0232. The molecule has 0 aromatic heterocycles. The Balaban J connectivity index is 3.01. The summed E-state index contributed by atoms with van der Waals surface area (Å²) in [5.74, 6) is -1.52. The van der Waals surface area contributed by atoms with E-state index in [2.05, 4.69) is 0 Å². The molecule has 0 aliphatic carbocycles. The lowest BCUT2D eigenvalue weighted by Crippen LogP contribution is -2.17. The first-order chi connectivity index (χ1) is 9.66. The van der Waals surface area contributed by atoms with Gasteiger partial charge in [0.1, 0.15) is 5.82 Å². The van der Waals surface area contributed by atoms with Crippen molar-refractivity contribution in [3.05, 3.63) is 29.1 Å². The quantitative estimate of drug-likeness (QED) is 0.816. The smallest absolute Gasteiger partial charge is 0.341 e. The zero-order valence-electron chi connectivity index (χ0n) is 12.3. The summed E-state index contributed by atoms with van der Waals surface area (Å²) in [6, 6.07) is 1.99. The number of carbonyl (C=O) groups is 1. The van der Waals surface area contributed by atoms with E-state index in [1.807, 2.05) is 13.8 Å². The molecule has 0 saturated heterocycles. The van der Waals surface area contributed by atoms with E-state index in [4.69, 9.17) is 9.88 Å². The molecule has 1 unspecified atom stereocenters. The van der Waals surface area contributed by atoms with E-state index in [1.165, 1.54) is 6.92 Å². The van der Waals surface area contributed by atoms with E-state index in [9.17, 15) is 17.6 Å². The first kappa shape index (κ1) is 17.6. The highest BCUT2D eigenvalue weighted by Crippen LogP contribution is 2.20. The van der Waals surface area contributed by atoms with Gasteiger partial charge in [0.05, 0.1) is 17.1 Å². The molecule has 0 amide bonds. The Morgan fingerprint density at radius 2 is 2.05 bits per heavy atom. The SMILES string of the molecule is CCCC(C)COC(=O)c1cc(S(N)(=O)=O)cc(C)c1F. The number of sulfonamides is 1. The standard InChI is InChI=1S/C14H20FNO4S/c1-4-5-9(2)8-20-14(17)12-7-11(21(16,18)19)6-10(3)13(12)15/h6-7,9H,4-5,8H2,1-3H3,(H2,16,18,19). The molecule has 1 rings (SSSR count). The molecule has 118 valence electrons. The number of hydrogen-bond acceptors (Lipinski definition) is 4. The van der Waals surface area contributed by atoms with Gasteiger partial charge in [0.25, 0.3) is 0 Å². The van der Waals surface area contributed by atoms with E-state index in [1.54, 1.807) is 0 Å². The Hall–Kier alpha value is -1.47. The lowest BCUT2D eigenvalue weighted by molar-refractivity contribution is 0.0438. The number of ether oxygens (including phenoxy) is 1. The topological polar surface area (TPSA) is 86.5 Å². The molecule has 1 atom stereocenters. The van der Waals surface area contributed by atoms with Crippen LogP contribution in [0.15, 0.2) is 17.0 Å². The monoisotopic (exact) mass is 317 g/mol. The van der Waals surface area contributed by atoms with Crippen molar-refractivity contribution in [1.82, 2.24) is 0 Å². The summed E-state index contributed by atoms with van der Waals surface area (Å²) in [6.45, 7) is 5.45. The molecule has 1 aromatic rings. The summed E-state index contributed by atoms with van der Waals surface area (Å²) in [6.07, 6.45) is 1.83. The number of primary sulfonamides is 1. The van der Waals surface area contributed by atoms with Gasteiger partial charge in [-0.1, -0.05) is 20.3 Å². The Morgan fingerprint density at radius 1 is 1.43 bits per heavy atom. The summed E-state index contributed by atoms with van der Waals surface area (Å²) in [5, 5.41) is 5.00. The van der Waals surface area contributed by atoms with Crippen LogP contribution in [0.4, 0.5) is 4.39 Å². The molecule has 7 heteroatoms. The van der Waals surface area contributed by atoms with Gasteiger partial charge in [0.15, 0.2) is 0 Å².